The second-order valence-corrected chi connectivity index (χ2v) is 4.15. The van der Waals surface area contributed by atoms with Crippen molar-refractivity contribution in [1.82, 2.24) is 9.47 Å². The van der Waals surface area contributed by atoms with Gasteiger partial charge in [0.25, 0.3) is 0 Å². The number of nitrogens with zero attached hydrogens (tertiary/aromatic N) is 2. The van der Waals surface area contributed by atoms with Crippen molar-refractivity contribution in [3.63, 3.8) is 0 Å². The monoisotopic (exact) mass is 214 g/mol. The van der Waals surface area contributed by atoms with Crippen LogP contribution >= 0.6 is 0 Å². The molecule has 1 aromatic carbocycles. The normalized spacial score (nSPS) is 15.1. The highest BCUT2D eigenvalue weighted by molar-refractivity contribution is 5.82. The number of benzene rings is 1. The Morgan fingerprint density at radius 1 is 1.25 bits per heavy atom. The van der Waals surface area contributed by atoms with Crippen LogP contribution in [0.3, 0.4) is 0 Å². The van der Waals surface area contributed by atoms with Crippen LogP contribution in [0.15, 0.2) is 30.3 Å². The molecular weight excluding hydrogens is 200 g/mol. The first-order chi connectivity index (χ1) is 7.75. The van der Waals surface area contributed by atoms with Crippen LogP contribution < -0.4 is 5.73 Å². The van der Waals surface area contributed by atoms with Crippen LogP contribution in [0.4, 0.5) is 0 Å². The molecule has 0 atom stereocenters. The van der Waals surface area contributed by atoms with E-state index < -0.39 is 0 Å². The van der Waals surface area contributed by atoms with E-state index >= 15 is 0 Å². The molecule has 0 fully saturated rings. The maximum absolute atomic E-state index is 7.46. The molecule has 3 rings (SSSR count). The molecule has 16 heavy (non-hydrogen) atoms. The van der Waals surface area contributed by atoms with Crippen molar-refractivity contribution >= 4 is 16.9 Å². The molecule has 1 aromatic heterocycles. The van der Waals surface area contributed by atoms with Crippen LogP contribution in [0, 0.1) is 5.41 Å². The van der Waals surface area contributed by atoms with Crippen molar-refractivity contribution in [3.05, 3.63) is 36.0 Å². The molecule has 4 heteroatoms. The maximum atomic E-state index is 7.46. The van der Waals surface area contributed by atoms with Gasteiger partial charge in [-0.25, -0.2) is 0 Å². The fourth-order valence-electron chi connectivity index (χ4n) is 2.36. The minimum atomic E-state index is 0.163. The minimum absolute atomic E-state index is 0.163. The Labute approximate surface area is 93.8 Å². The summed E-state index contributed by atoms with van der Waals surface area (Å²) in [6.45, 7) is 2.47. The second kappa shape index (κ2) is 3.27. The van der Waals surface area contributed by atoms with E-state index in [0.717, 1.165) is 19.6 Å². The summed E-state index contributed by atoms with van der Waals surface area (Å²) < 4.78 is 2.31. The Kier molecular flexibility index (Phi) is 1.89. The van der Waals surface area contributed by atoms with Crippen LogP contribution in [0.1, 0.15) is 5.69 Å². The summed E-state index contributed by atoms with van der Waals surface area (Å²) in [5.74, 6) is 0.163. The molecule has 1 aliphatic rings. The summed E-state index contributed by atoms with van der Waals surface area (Å²) in [5.41, 5.74) is 8.04. The van der Waals surface area contributed by atoms with Crippen molar-refractivity contribution in [3.8, 4) is 0 Å². The highest BCUT2D eigenvalue weighted by atomic mass is 15.3. The Bertz CT molecular complexity index is 555. The number of rotatable bonds is 0. The average Bonchev–Trinajstić information content (AvgIpc) is 2.66. The molecule has 4 nitrogen and oxygen atoms in total. The molecule has 2 aromatic rings. The van der Waals surface area contributed by atoms with E-state index in [1.807, 2.05) is 4.90 Å². The Balaban J connectivity index is 2.09. The topological polar surface area (TPSA) is 58.0 Å². The Morgan fingerprint density at radius 2 is 2.06 bits per heavy atom. The van der Waals surface area contributed by atoms with E-state index in [-0.39, 0.29) is 5.96 Å². The van der Waals surface area contributed by atoms with Crippen molar-refractivity contribution in [2.24, 2.45) is 5.73 Å². The highest BCUT2D eigenvalue weighted by Crippen LogP contribution is 2.23. The van der Waals surface area contributed by atoms with E-state index in [4.69, 9.17) is 11.1 Å². The number of aromatic nitrogens is 1. The van der Waals surface area contributed by atoms with Gasteiger partial charge in [-0.2, -0.15) is 0 Å². The van der Waals surface area contributed by atoms with E-state index in [0.29, 0.717) is 0 Å². The van der Waals surface area contributed by atoms with Gasteiger partial charge in [-0.15, -0.1) is 0 Å². The molecule has 0 saturated heterocycles. The van der Waals surface area contributed by atoms with E-state index in [9.17, 15) is 0 Å². The maximum Gasteiger partial charge on any atom is 0.188 e. The lowest BCUT2D eigenvalue weighted by Crippen LogP contribution is -2.41. The molecule has 3 N–H and O–H groups in total. The number of nitrogens with two attached hydrogens (primary N) is 1. The van der Waals surface area contributed by atoms with Crippen LogP contribution in [0.25, 0.3) is 10.9 Å². The zero-order chi connectivity index (χ0) is 11.1. The zero-order valence-electron chi connectivity index (χ0n) is 8.98. The predicted molar refractivity (Wildman–Crippen MR) is 64.3 cm³/mol. The summed E-state index contributed by atoms with van der Waals surface area (Å²) in [7, 11) is 0. The van der Waals surface area contributed by atoms with Gasteiger partial charge in [0.2, 0.25) is 0 Å². The van der Waals surface area contributed by atoms with Gasteiger partial charge in [-0.1, -0.05) is 18.2 Å². The first-order valence-electron chi connectivity index (χ1n) is 5.42. The van der Waals surface area contributed by atoms with Crippen LogP contribution in [-0.2, 0) is 13.1 Å². The summed E-state index contributed by atoms with van der Waals surface area (Å²) in [6, 6.07) is 10.6. The van der Waals surface area contributed by atoms with Gasteiger partial charge in [0.05, 0.1) is 6.54 Å². The summed E-state index contributed by atoms with van der Waals surface area (Å²) in [6.07, 6.45) is 0. The lowest BCUT2D eigenvalue weighted by atomic mass is 10.2. The third-order valence-corrected chi connectivity index (χ3v) is 3.18. The molecule has 0 spiro atoms. The molecular formula is C12H14N4. The summed E-state index contributed by atoms with van der Waals surface area (Å²) >= 11 is 0. The fourth-order valence-corrected chi connectivity index (χ4v) is 2.36. The average molecular weight is 214 g/mol. The molecule has 0 bridgehead atoms. The Hall–Kier alpha value is -1.97. The number of para-hydroxylation sites is 1. The van der Waals surface area contributed by atoms with Gasteiger partial charge >= 0.3 is 0 Å². The first kappa shape index (κ1) is 9.27. The van der Waals surface area contributed by atoms with Crippen molar-refractivity contribution in [2.75, 3.05) is 6.54 Å². The lowest BCUT2D eigenvalue weighted by Gasteiger charge is -2.29. The first-order valence-corrected chi connectivity index (χ1v) is 5.42. The van der Waals surface area contributed by atoms with Crippen molar-refractivity contribution in [2.45, 2.75) is 13.1 Å². The van der Waals surface area contributed by atoms with Gasteiger partial charge < -0.3 is 15.2 Å². The highest BCUT2D eigenvalue weighted by Gasteiger charge is 2.18. The van der Waals surface area contributed by atoms with Crippen LogP contribution in [0.2, 0.25) is 0 Å². The van der Waals surface area contributed by atoms with E-state index in [1.54, 1.807) is 0 Å². The SMILES string of the molecule is N=C(N)N1CCn2c(cc3ccccc32)C1. The zero-order valence-corrected chi connectivity index (χ0v) is 8.98. The smallest absolute Gasteiger partial charge is 0.188 e. The third-order valence-electron chi connectivity index (χ3n) is 3.18. The molecule has 0 aliphatic carbocycles. The molecule has 0 saturated carbocycles. The third kappa shape index (κ3) is 1.26. The Morgan fingerprint density at radius 3 is 2.88 bits per heavy atom. The second-order valence-electron chi connectivity index (χ2n) is 4.15. The van der Waals surface area contributed by atoms with Crippen molar-refractivity contribution < 1.29 is 0 Å². The van der Waals surface area contributed by atoms with Crippen LogP contribution in [0.5, 0.6) is 0 Å². The van der Waals surface area contributed by atoms with Crippen LogP contribution in [-0.4, -0.2) is 22.0 Å². The van der Waals surface area contributed by atoms with Gasteiger partial charge in [0.1, 0.15) is 0 Å². The lowest BCUT2D eigenvalue weighted by molar-refractivity contribution is 0.335. The molecule has 0 unspecified atom stereocenters. The number of hydrogen-bond acceptors (Lipinski definition) is 1. The van der Waals surface area contributed by atoms with Gasteiger partial charge in [0.15, 0.2) is 5.96 Å². The number of guanidine groups is 1. The molecule has 2 heterocycles. The van der Waals surface area contributed by atoms with Crippen molar-refractivity contribution in [1.29, 1.82) is 5.41 Å². The van der Waals surface area contributed by atoms with E-state index in [1.165, 1.54) is 16.6 Å². The van der Waals surface area contributed by atoms with Gasteiger partial charge in [-0.05, 0) is 17.5 Å². The largest absolute Gasteiger partial charge is 0.370 e. The molecule has 1 aliphatic heterocycles. The minimum Gasteiger partial charge on any atom is -0.370 e. The molecule has 0 radical (unpaired) electrons. The summed E-state index contributed by atoms with van der Waals surface area (Å²) in [4.78, 5) is 1.90. The fraction of sp³-hybridized carbons (Fsp3) is 0.250. The predicted octanol–water partition coefficient (Wildman–Crippen LogP) is 1.35. The van der Waals surface area contributed by atoms with Gasteiger partial charge in [-0.3, -0.25) is 5.41 Å². The van der Waals surface area contributed by atoms with E-state index in [2.05, 4.69) is 34.9 Å². The number of nitrogens with one attached hydrogen (secondary N) is 1. The standard InChI is InChI=1S/C12H14N4/c13-12(14)15-5-6-16-10(8-15)7-9-3-1-2-4-11(9)16/h1-4,7H,5-6,8H2,(H3,13,14). The molecule has 0 amide bonds. The quantitative estimate of drug-likeness (QED) is 0.513. The van der Waals surface area contributed by atoms with Gasteiger partial charge in [0, 0.05) is 24.3 Å². The number of fused-ring (bicyclic) bond motifs is 3. The number of hydrogen-bond donors (Lipinski definition) is 2. The molecule has 82 valence electrons. The summed E-state index contributed by atoms with van der Waals surface area (Å²) in [5, 5.41) is 8.73.